The van der Waals surface area contributed by atoms with E-state index < -0.39 is 0 Å². The molecule has 0 spiro atoms. The molecule has 0 amide bonds. The lowest BCUT2D eigenvalue weighted by atomic mass is 10.1. The summed E-state index contributed by atoms with van der Waals surface area (Å²) in [5.41, 5.74) is 1.81. The number of carbonyl (C=O) groups excluding carboxylic acids is 2. The van der Waals surface area contributed by atoms with E-state index in [1.54, 1.807) is 6.92 Å². The van der Waals surface area contributed by atoms with Crippen LogP contribution in [0.1, 0.15) is 29.8 Å². The molecule has 0 saturated carbocycles. The minimum atomic E-state index is -0.272. The summed E-state index contributed by atoms with van der Waals surface area (Å²) in [5.74, 6) is -0.0116. The van der Waals surface area contributed by atoms with Crippen LogP contribution in [0, 0.1) is 6.92 Å². The van der Waals surface area contributed by atoms with E-state index in [0.29, 0.717) is 12.2 Å². The Morgan fingerprint density at radius 2 is 1.89 bits per heavy atom. The quantitative estimate of drug-likeness (QED) is 0.586. The largest absolute Gasteiger partial charge is 0.465 e. The third kappa shape index (κ3) is 4.53. The van der Waals surface area contributed by atoms with Gasteiger partial charge >= 0.3 is 5.97 Å². The number of ether oxygens (including phenoxy) is 1. The molecule has 0 aliphatic heterocycles. The zero-order valence-corrected chi connectivity index (χ0v) is 11.8. The molecule has 1 aromatic carbocycles. The number of ketones is 1. The topological polar surface area (TPSA) is 43.4 Å². The van der Waals surface area contributed by atoms with E-state index in [1.807, 2.05) is 38.1 Å². The minimum absolute atomic E-state index is 0.0456. The summed E-state index contributed by atoms with van der Waals surface area (Å²) in [6.45, 7) is 5.93. The third-order valence-corrected chi connectivity index (χ3v) is 3.58. The highest BCUT2D eigenvalue weighted by Gasteiger charge is 2.17. The molecule has 4 heteroatoms. The molecule has 1 rings (SSSR count). The van der Waals surface area contributed by atoms with Gasteiger partial charge in [-0.1, -0.05) is 29.8 Å². The van der Waals surface area contributed by atoms with E-state index in [9.17, 15) is 9.59 Å². The van der Waals surface area contributed by atoms with Crippen LogP contribution in [0.5, 0.6) is 0 Å². The zero-order chi connectivity index (χ0) is 13.5. The van der Waals surface area contributed by atoms with Gasteiger partial charge in [-0.05, 0) is 20.8 Å². The first-order valence-corrected chi connectivity index (χ1v) is 6.97. The fourth-order valence-electron chi connectivity index (χ4n) is 1.42. The number of benzene rings is 1. The van der Waals surface area contributed by atoms with Crippen LogP contribution in [0.15, 0.2) is 24.3 Å². The standard InChI is InChI=1S/C14H18O3S/c1-4-17-13(15)9-18-11(3)14(16)12-7-5-10(2)6-8-12/h5-8,11H,4,9H2,1-3H3. The number of hydrogen-bond donors (Lipinski definition) is 0. The number of carbonyl (C=O) groups is 2. The first kappa shape index (κ1) is 14.8. The van der Waals surface area contributed by atoms with Crippen LogP contribution in [0.3, 0.4) is 0 Å². The van der Waals surface area contributed by atoms with Crippen LogP contribution in [0.4, 0.5) is 0 Å². The van der Waals surface area contributed by atoms with Crippen LogP contribution in [-0.4, -0.2) is 29.4 Å². The molecule has 98 valence electrons. The van der Waals surface area contributed by atoms with Gasteiger partial charge < -0.3 is 4.74 Å². The molecule has 0 bridgehead atoms. The fourth-order valence-corrected chi connectivity index (χ4v) is 2.18. The minimum Gasteiger partial charge on any atom is -0.465 e. The molecule has 0 aliphatic carbocycles. The average molecular weight is 266 g/mol. The molecular weight excluding hydrogens is 248 g/mol. The molecule has 3 nitrogen and oxygen atoms in total. The van der Waals surface area contributed by atoms with E-state index in [2.05, 4.69) is 0 Å². The van der Waals surface area contributed by atoms with Crippen LogP contribution >= 0.6 is 11.8 Å². The summed E-state index contributed by atoms with van der Waals surface area (Å²) in [5, 5.41) is -0.239. The van der Waals surface area contributed by atoms with Gasteiger partial charge in [-0.25, -0.2) is 0 Å². The summed E-state index contributed by atoms with van der Waals surface area (Å²) in [6.07, 6.45) is 0. The summed E-state index contributed by atoms with van der Waals surface area (Å²) >= 11 is 1.31. The summed E-state index contributed by atoms with van der Waals surface area (Å²) in [4.78, 5) is 23.3. The Kier molecular flexibility index (Phi) is 5.92. The molecule has 0 heterocycles. The second-order valence-corrected chi connectivity index (χ2v) is 5.32. The van der Waals surface area contributed by atoms with E-state index >= 15 is 0 Å². The van der Waals surface area contributed by atoms with Gasteiger partial charge in [-0.2, -0.15) is 0 Å². The van der Waals surface area contributed by atoms with Gasteiger partial charge in [0.05, 0.1) is 17.6 Å². The highest BCUT2D eigenvalue weighted by Crippen LogP contribution is 2.17. The molecule has 0 radical (unpaired) electrons. The van der Waals surface area contributed by atoms with Gasteiger partial charge in [0.2, 0.25) is 0 Å². The molecule has 0 fully saturated rings. The van der Waals surface area contributed by atoms with Crippen molar-refractivity contribution in [2.24, 2.45) is 0 Å². The number of hydrogen-bond acceptors (Lipinski definition) is 4. The van der Waals surface area contributed by atoms with Gasteiger partial charge in [-0.3, -0.25) is 9.59 Å². The molecule has 18 heavy (non-hydrogen) atoms. The van der Waals surface area contributed by atoms with Gasteiger partial charge in [-0.15, -0.1) is 11.8 Å². The van der Waals surface area contributed by atoms with Crippen molar-refractivity contribution in [3.8, 4) is 0 Å². The third-order valence-electron chi connectivity index (χ3n) is 2.46. The average Bonchev–Trinajstić information content (AvgIpc) is 2.36. The predicted molar refractivity (Wildman–Crippen MR) is 74.1 cm³/mol. The van der Waals surface area contributed by atoms with Gasteiger partial charge in [0.25, 0.3) is 0 Å². The first-order valence-electron chi connectivity index (χ1n) is 5.92. The Morgan fingerprint density at radius 1 is 1.28 bits per heavy atom. The molecule has 0 N–H and O–H groups in total. The van der Waals surface area contributed by atoms with Gasteiger partial charge in [0.1, 0.15) is 0 Å². The maximum Gasteiger partial charge on any atom is 0.315 e. The summed E-state index contributed by atoms with van der Waals surface area (Å²) in [6, 6.07) is 7.46. The fraction of sp³-hybridized carbons (Fsp3) is 0.429. The molecular formula is C14H18O3S. The van der Waals surface area contributed by atoms with Crippen molar-refractivity contribution in [1.29, 1.82) is 0 Å². The van der Waals surface area contributed by atoms with E-state index in [4.69, 9.17) is 4.74 Å². The highest BCUT2D eigenvalue weighted by molar-refractivity contribution is 8.01. The maximum atomic E-state index is 12.1. The van der Waals surface area contributed by atoms with Crippen LogP contribution in [0.2, 0.25) is 0 Å². The number of Topliss-reactive ketones (excluding diaryl/α,β-unsaturated/α-hetero) is 1. The van der Waals surface area contributed by atoms with E-state index in [-0.39, 0.29) is 22.8 Å². The Hall–Kier alpha value is -1.29. The SMILES string of the molecule is CCOC(=O)CSC(C)C(=O)c1ccc(C)cc1. The lowest BCUT2D eigenvalue weighted by Gasteiger charge is -2.10. The lowest BCUT2D eigenvalue weighted by Crippen LogP contribution is -2.17. The normalized spacial score (nSPS) is 11.9. The summed E-state index contributed by atoms with van der Waals surface area (Å²) < 4.78 is 4.82. The van der Waals surface area contributed by atoms with Gasteiger partial charge in [0, 0.05) is 5.56 Å². The Morgan fingerprint density at radius 3 is 2.44 bits per heavy atom. The summed E-state index contributed by atoms with van der Waals surface area (Å²) in [7, 11) is 0. The second kappa shape index (κ2) is 7.21. The molecule has 1 atom stereocenters. The number of rotatable bonds is 6. The second-order valence-electron chi connectivity index (χ2n) is 3.99. The van der Waals surface area contributed by atoms with Crippen LogP contribution in [0.25, 0.3) is 0 Å². The molecule has 0 aromatic heterocycles. The first-order chi connectivity index (χ1) is 8.54. The van der Waals surface area contributed by atoms with Crippen molar-refractivity contribution in [3.63, 3.8) is 0 Å². The molecule has 1 unspecified atom stereocenters. The highest BCUT2D eigenvalue weighted by atomic mass is 32.2. The van der Waals surface area contributed by atoms with Crippen molar-refractivity contribution in [1.82, 2.24) is 0 Å². The van der Waals surface area contributed by atoms with Crippen molar-refractivity contribution in [3.05, 3.63) is 35.4 Å². The Labute approximate surface area is 112 Å². The van der Waals surface area contributed by atoms with Crippen LogP contribution in [-0.2, 0) is 9.53 Å². The van der Waals surface area contributed by atoms with Crippen LogP contribution < -0.4 is 0 Å². The van der Waals surface area contributed by atoms with Crippen molar-refractivity contribution in [2.45, 2.75) is 26.0 Å². The van der Waals surface area contributed by atoms with Crippen molar-refractivity contribution < 1.29 is 14.3 Å². The lowest BCUT2D eigenvalue weighted by molar-refractivity contribution is -0.139. The monoisotopic (exact) mass is 266 g/mol. The smallest absolute Gasteiger partial charge is 0.315 e. The predicted octanol–water partition coefficient (Wildman–Crippen LogP) is 2.86. The Balaban J connectivity index is 2.51. The molecule has 1 aromatic rings. The molecule has 0 aliphatic rings. The Bertz CT molecular complexity index is 412. The van der Waals surface area contributed by atoms with E-state index in [1.165, 1.54) is 11.8 Å². The maximum absolute atomic E-state index is 12.1. The number of esters is 1. The number of thioether (sulfide) groups is 1. The molecule has 0 saturated heterocycles. The zero-order valence-electron chi connectivity index (χ0n) is 10.9. The van der Waals surface area contributed by atoms with Crippen molar-refractivity contribution in [2.75, 3.05) is 12.4 Å². The van der Waals surface area contributed by atoms with Crippen molar-refractivity contribution >= 4 is 23.5 Å². The van der Waals surface area contributed by atoms with Gasteiger partial charge in [0.15, 0.2) is 5.78 Å². The number of aryl methyl sites for hydroxylation is 1. The van der Waals surface area contributed by atoms with E-state index in [0.717, 1.165) is 5.56 Å².